The monoisotopic (exact) mass is 317 g/mol. The summed E-state index contributed by atoms with van der Waals surface area (Å²) in [7, 11) is 3.34. The van der Waals surface area contributed by atoms with Gasteiger partial charge in [-0.05, 0) is 18.2 Å². The maximum Gasteiger partial charge on any atom is 0.306 e. The maximum atomic E-state index is 10.5. The van der Waals surface area contributed by atoms with E-state index < -0.39 is 12.1 Å². The summed E-state index contributed by atoms with van der Waals surface area (Å²) in [4.78, 5) is 12.3. The van der Waals surface area contributed by atoms with Crippen molar-refractivity contribution in [1.82, 2.24) is 0 Å². The summed E-state index contributed by atoms with van der Waals surface area (Å²) in [6.07, 6.45) is -1.20. The molecular weight excluding hydrogens is 302 g/mol. The highest BCUT2D eigenvalue weighted by Gasteiger charge is 2.15. The number of methoxy groups -OCH3 is 1. The second-order valence-electron chi connectivity index (χ2n) is 3.95. The highest BCUT2D eigenvalue weighted by Crippen LogP contribution is 2.30. The summed E-state index contributed by atoms with van der Waals surface area (Å²) in [5.41, 5.74) is 0.788. The summed E-state index contributed by atoms with van der Waals surface area (Å²) in [6.45, 7) is 0.221. The summed E-state index contributed by atoms with van der Waals surface area (Å²) in [5, 5.41) is 18.2. The Bertz CT molecular complexity index is 425. The fourth-order valence-corrected chi connectivity index (χ4v) is 1.99. The zero-order valence-electron chi connectivity index (χ0n) is 10.3. The molecular formula is C12H16BrNO4. The first-order valence-electron chi connectivity index (χ1n) is 5.38. The van der Waals surface area contributed by atoms with E-state index in [1.54, 1.807) is 25.1 Å². The number of aliphatic hydroxyl groups excluding tert-OH is 1. The summed E-state index contributed by atoms with van der Waals surface area (Å²) < 4.78 is 6.11. The van der Waals surface area contributed by atoms with Crippen LogP contribution < -0.4 is 9.64 Å². The van der Waals surface area contributed by atoms with E-state index in [-0.39, 0.29) is 13.0 Å². The average Bonchev–Trinajstić information content (AvgIpc) is 2.27. The fraction of sp³-hybridized carbons (Fsp3) is 0.417. The normalized spacial score (nSPS) is 12.0. The van der Waals surface area contributed by atoms with Crippen molar-refractivity contribution in [3.05, 3.63) is 22.7 Å². The standard InChI is InChI=1S/C12H16BrNO4/c1-14(7-9(15)6-12(16)17)10-5-8(13)3-4-11(10)18-2/h3-5,9,15H,6-7H2,1-2H3,(H,16,17). The van der Waals surface area contributed by atoms with Crippen LogP contribution in [0, 0.1) is 0 Å². The Kier molecular flexibility index (Phi) is 5.43. The van der Waals surface area contributed by atoms with E-state index in [1.165, 1.54) is 0 Å². The molecule has 0 fully saturated rings. The van der Waals surface area contributed by atoms with Gasteiger partial charge in [-0.1, -0.05) is 15.9 Å². The Labute approximate surface area is 114 Å². The number of carbonyl (C=O) groups is 1. The average molecular weight is 318 g/mol. The van der Waals surface area contributed by atoms with Gasteiger partial charge in [0, 0.05) is 18.1 Å². The number of halogens is 1. The molecule has 0 heterocycles. The lowest BCUT2D eigenvalue weighted by atomic mass is 10.2. The molecule has 2 N–H and O–H groups in total. The number of nitrogens with zero attached hydrogens (tertiary/aromatic N) is 1. The smallest absolute Gasteiger partial charge is 0.306 e. The summed E-state index contributed by atoms with van der Waals surface area (Å²) >= 11 is 3.36. The lowest BCUT2D eigenvalue weighted by Gasteiger charge is -2.24. The molecule has 1 aromatic rings. The first-order valence-corrected chi connectivity index (χ1v) is 6.18. The number of carboxylic acids is 1. The Morgan fingerprint density at radius 1 is 1.56 bits per heavy atom. The molecule has 0 aliphatic carbocycles. The minimum absolute atomic E-state index is 0.221. The molecule has 1 rings (SSSR count). The van der Waals surface area contributed by atoms with Crippen molar-refractivity contribution in [3.8, 4) is 5.75 Å². The Balaban J connectivity index is 2.79. The van der Waals surface area contributed by atoms with Gasteiger partial charge in [0.2, 0.25) is 0 Å². The molecule has 1 atom stereocenters. The van der Waals surface area contributed by atoms with Crippen LogP contribution >= 0.6 is 15.9 Å². The van der Waals surface area contributed by atoms with Crippen molar-refractivity contribution >= 4 is 27.6 Å². The topological polar surface area (TPSA) is 70.0 Å². The molecule has 1 aromatic carbocycles. The Hall–Kier alpha value is -1.27. The van der Waals surface area contributed by atoms with Gasteiger partial charge in [0.1, 0.15) is 5.75 Å². The number of anilines is 1. The van der Waals surface area contributed by atoms with E-state index in [9.17, 15) is 9.90 Å². The van der Waals surface area contributed by atoms with Crippen LogP contribution in [-0.2, 0) is 4.79 Å². The highest BCUT2D eigenvalue weighted by molar-refractivity contribution is 9.10. The number of hydrogen-bond donors (Lipinski definition) is 2. The Morgan fingerprint density at radius 2 is 2.22 bits per heavy atom. The van der Waals surface area contributed by atoms with Gasteiger partial charge < -0.3 is 19.8 Å². The first kappa shape index (κ1) is 14.8. The molecule has 1 unspecified atom stereocenters. The van der Waals surface area contributed by atoms with Crippen molar-refractivity contribution in [2.45, 2.75) is 12.5 Å². The van der Waals surface area contributed by atoms with Crippen molar-refractivity contribution in [2.24, 2.45) is 0 Å². The third kappa shape index (κ3) is 4.19. The minimum atomic E-state index is -1.02. The zero-order chi connectivity index (χ0) is 13.7. The summed E-state index contributed by atoms with van der Waals surface area (Å²) in [5.74, 6) is -0.347. The van der Waals surface area contributed by atoms with Crippen LogP contribution in [0.1, 0.15) is 6.42 Å². The molecule has 0 aliphatic rings. The number of aliphatic carboxylic acids is 1. The molecule has 6 heteroatoms. The number of likely N-dealkylation sites (N-methyl/N-ethyl adjacent to an activating group) is 1. The first-order chi connectivity index (χ1) is 8.43. The van der Waals surface area contributed by atoms with Gasteiger partial charge in [-0.3, -0.25) is 4.79 Å². The van der Waals surface area contributed by atoms with Crippen LogP contribution in [0.15, 0.2) is 22.7 Å². The number of benzene rings is 1. The van der Waals surface area contributed by atoms with Gasteiger partial charge in [0.05, 0.1) is 25.3 Å². The van der Waals surface area contributed by atoms with Crippen LogP contribution in [0.3, 0.4) is 0 Å². The number of rotatable bonds is 6. The van der Waals surface area contributed by atoms with Crippen LogP contribution in [0.2, 0.25) is 0 Å². The number of hydrogen-bond acceptors (Lipinski definition) is 4. The van der Waals surface area contributed by atoms with Gasteiger partial charge in [-0.2, -0.15) is 0 Å². The zero-order valence-corrected chi connectivity index (χ0v) is 11.8. The van der Waals surface area contributed by atoms with E-state index in [0.717, 1.165) is 10.2 Å². The maximum absolute atomic E-state index is 10.5. The minimum Gasteiger partial charge on any atom is -0.495 e. The van der Waals surface area contributed by atoms with E-state index >= 15 is 0 Å². The quantitative estimate of drug-likeness (QED) is 0.836. The number of ether oxygens (including phenoxy) is 1. The third-order valence-corrected chi connectivity index (χ3v) is 2.94. The molecule has 0 aromatic heterocycles. The van der Waals surface area contributed by atoms with E-state index in [4.69, 9.17) is 9.84 Å². The lowest BCUT2D eigenvalue weighted by molar-refractivity contribution is -0.139. The van der Waals surface area contributed by atoms with Crippen molar-refractivity contribution in [3.63, 3.8) is 0 Å². The molecule has 5 nitrogen and oxygen atoms in total. The Morgan fingerprint density at radius 3 is 2.78 bits per heavy atom. The molecule has 0 spiro atoms. The number of aliphatic hydroxyl groups is 1. The molecule has 100 valence electrons. The lowest BCUT2D eigenvalue weighted by Crippen LogP contribution is -2.30. The van der Waals surface area contributed by atoms with E-state index in [2.05, 4.69) is 15.9 Å². The van der Waals surface area contributed by atoms with Crippen molar-refractivity contribution in [2.75, 3.05) is 25.6 Å². The largest absolute Gasteiger partial charge is 0.495 e. The van der Waals surface area contributed by atoms with Crippen LogP contribution in [0.4, 0.5) is 5.69 Å². The molecule has 0 radical (unpaired) electrons. The van der Waals surface area contributed by atoms with Crippen LogP contribution in [-0.4, -0.2) is 43.0 Å². The molecule has 0 bridgehead atoms. The molecule has 0 amide bonds. The van der Waals surface area contributed by atoms with Gasteiger partial charge in [0.25, 0.3) is 0 Å². The third-order valence-electron chi connectivity index (χ3n) is 2.45. The molecule has 0 saturated heterocycles. The van der Waals surface area contributed by atoms with Crippen LogP contribution in [0.25, 0.3) is 0 Å². The predicted octanol–water partition coefficient (Wildman–Crippen LogP) is 1.73. The van der Waals surface area contributed by atoms with E-state index in [0.29, 0.717) is 5.75 Å². The SMILES string of the molecule is COc1ccc(Br)cc1N(C)CC(O)CC(=O)O. The predicted molar refractivity (Wildman–Crippen MR) is 72.2 cm³/mol. The summed E-state index contributed by atoms with van der Waals surface area (Å²) in [6, 6.07) is 5.51. The second kappa shape index (κ2) is 6.61. The molecule has 18 heavy (non-hydrogen) atoms. The molecule has 0 aliphatic heterocycles. The van der Waals surface area contributed by atoms with E-state index in [1.807, 2.05) is 12.1 Å². The second-order valence-corrected chi connectivity index (χ2v) is 4.86. The molecule has 0 saturated carbocycles. The van der Waals surface area contributed by atoms with Gasteiger partial charge in [-0.15, -0.1) is 0 Å². The van der Waals surface area contributed by atoms with Gasteiger partial charge in [0.15, 0.2) is 0 Å². The van der Waals surface area contributed by atoms with Crippen molar-refractivity contribution in [1.29, 1.82) is 0 Å². The van der Waals surface area contributed by atoms with Gasteiger partial charge >= 0.3 is 5.97 Å². The van der Waals surface area contributed by atoms with Crippen LogP contribution in [0.5, 0.6) is 5.75 Å². The highest BCUT2D eigenvalue weighted by atomic mass is 79.9. The van der Waals surface area contributed by atoms with Gasteiger partial charge in [-0.25, -0.2) is 0 Å². The fourth-order valence-electron chi connectivity index (χ4n) is 1.64. The van der Waals surface area contributed by atoms with Crippen molar-refractivity contribution < 1.29 is 19.7 Å². The number of carboxylic acid groups (broad SMARTS) is 1.